The maximum atomic E-state index is 5.92. The van der Waals surface area contributed by atoms with Gasteiger partial charge in [0.1, 0.15) is 0 Å². The van der Waals surface area contributed by atoms with Crippen LogP contribution in [0, 0.1) is 0 Å². The summed E-state index contributed by atoms with van der Waals surface area (Å²) in [6.07, 6.45) is 3.23. The predicted molar refractivity (Wildman–Crippen MR) is 310 cm³/mol. The molecule has 0 aliphatic rings. The summed E-state index contributed by atoms with van der Waals surface area (Å²) in [6.45, 7) is 1.74. The number of hydrogen-bond donors (Lipinski definition) is 0. The van der Waals surface area contributed by atoms with E-state index in [2.05, 4.69) is 246 Å². The highest BCUT2D eigenvalue weighted by atomic mass is 79.9. The van der Waals surface area contributed by atoms with Gasteiger partial charge in [-0.25, -0.2) is 9.97 Å². The van der Waals surface area contributed by atoms with Crippen molar-refractivity contribution >= 4 is 91.9 Å². The van der Waals surface area contributed by atoms with Crippen LogP contribution in [0.3, 0.4) is 0 Å². The number of methoxy groups -OCH3 is 2. The zero-order valence-electron chi connectivity index (χ0n) is 41.6. The van der Waals surface area contributed by atoms with Gasteiger partial charge in [-0.2, -0.15) is 0 Å². The summed E-state index contributed by atoms with van der Waals surface area (Å²) < 4.78 is 13.9. The summed E-state index contributed by atoms with van der Waals surface area (Å²) in [7, 11) is 11.9. The van der Waals surface area contributed by atoms with Gasteiger partial charge < -0.3 is 19.3 Å². The van der Waals surface area contributed by atoms with Crippen LogP contribution in [-0.4, -0.2) is 75.3 Å². The molecule has 1 atom stereocenters. The second kappa shape index (κ2) is 23.1. The van der Waals surface area contributed by atoms with E-state index < -0.39 is 0 Å². The van der Waals surface area contributed by atoms with Crippen LogP contribution in [0.1, 0.15) is 45.7 Å². The molecule has 2 heterocycles. The highest BCUT2D eigenvalue weighted by molar-refractivity contribution is 9.10. The van der Waals surface area contributed by atoms with Crippen LogP contribution >= 0.6 is 31.9 Å². The molecular formula is C64H58Br2N4O2. The first kappa shape index (κ1) is 50.0. The third kappa shape index (κ3) is 11.2. The molecule has 0 amide bonds. The first-order chi connectivity index (χ1) is 35.1. The standard InChI is InChI=1S/2C32H29BrN2O/c2*1-35(2)19-18-28(27-15-9-13-22-10-7-8-14-26(22)27)31(23-11-5-4-6-12-23)29-21-24-20-25(33)16-17-30(24)34-32(29)36-3/h4-17,20-21H,18-19H2,1-3H3;4-18,20-21,31H,19H2,1-3H3/b31-28-;28-18+. The number of ether oxygens (including phenoxy) is 2. The number of halogens is 2. The fourth-order valence-electron chi connectivity index (χ4n) is 9.61. The van der Waals surface area contributed by atoms with Gasteiger partial charge in [0.05, 0.1) is 25.3 Å². The van der Waals surface area contributed by atoms with E-state index in [1.165, 1.54) is 49.4 Å². The first-order valence-corrected chi connectivity index (χ1v) is 25.8. The highest BCUT2D eigenvalue weighted by Gasteiger charge is 2.27. The Bertz CT molecular complexity index is 3560. The fourth-order valence-corrected chi connectivity index (χ4v) is 10.4. The van der Waals surface area contributed by atoms with Crippen molar-refractivity contribution in [3.05, 3.63) is 243 Å². The Hall–Kier alpha value is -6.94. The average Bonchev–Trinajstić information content (AvgIpc) is 3.40. The van der Waals surface area contributed by atoms with E-state index in [-0.39, 0.29) is 5.92 Å². The molecule has 72 heavy (non-hydrogen) atoms. The molecule has 0 fully saturated rings. The lowest BCUT2D eigenvalue weighted by Gasteiger charge is -2.26. The summed E-state index contributed by atoms with van der Waals surface area (Å²) in [6, 6.07) is 68.4. The molecule has 0 spiro atoms. The average molecular weight is 1080 g/mol. The number of benzene rings is 8. The smallest absolute Gasteiger partial charge is 0.221 e. The van der Waals surface area contributed by atoms with Crippen LogP contribution in [0.5, 0.6) is 11.8 Å². The van der Waals surface area contributed by atoms with Gasteiger partial charge in [0.15, 0.2) is 0 Å². The minimum absolute atomic E-state index is 0.0669. The molecule has 0 aliphatic heterocycles. The summed E-state index contributed by atoms with van der Waals surface area (Å²) in [5.41, 5.74) is 12.3. The van der Waals surface area contributed by atoms with E-state index in [0.717, 1.165) is 72.5 Å². The van der Waals surface area contributed by atoms with E-state index in [0.29, 0.717) is 11.8 Å². The van der Waals surface area contributed by atoms with Gasteiger partial charge in [-0.15, -0.1) is 0 Å². The molecule has 10 aromatic rings. The quantitative estimate of drug-likeness (QED) is 0.101. The number of hydrogen-bond acceptors (Lipinski definition) is 6. The highest BCUT2D eigenvalue weighted by Crippen LogP contribution is 2.45. The zero-order valence-corrected chi connectivity index (χ0v) is 44.8. The molecule has 10 rings (SSSR count). The number of likely N-dealkylation sites (N-methyl/N-ethyl adjacent to an activating group) is 1. The zero-order chi connectivity index (χ0) is 50.1. The van der Waals surface area contributed by atoms with E-state index in [1.807, 2.05) is 24.3 Å². The van der Waals surface area contributed by atoms with Crippen molar-refractivity contribution in [2.24, 2.45) is 0 Å². The Balaban J connectivity index is 0.000000178. The summed E-state index contributed by atoms with van der Waals surface area (Å²) in [5.74, 6) is 1.21. The minimum Gasteiger partial charge on any atom is -0.481 e. The van der Waals surface area contributed by atoms with Gasteiger partial charge in [-0.1, -0.05) is 184 Å². The van der Waals surface area contributed by atoms with Crippen molar-refractivity contribution in [2.45, 2.75) is 12.3 Å². The Kier molecular flexibility index (Phi) is 16.0. The third-order valence-corrected chi connectivity index (χ3v) is 14.0. The van der Waals surface area contributed by atoms with Gasteiger partial charge in [0.25, 0.3) is 0 Å². The van der Waals surface area contributed by atoms with E-state index in [9.17, 15) is 0 Å². The Morgan fingerprint density at radius 2 is 1.04 bits per heavy atom. The van der Waals surface area contributed by atoms with Crippen LogP contribution in [0.25, 0.3) is 60.1 Å². The lowest BCUT2D eigenvalue weighted by Crippen LogP contribution is -2.14. The number of allylic oxidation sites excluding steroid dienone is 1. The van der Waals surface area contributed by atoms with Crippen LogP contribution in [-0.2, 0) is 0 Å². The van der Waals surface area contributed by atoms with Crippen molar-refractivity contribution in [3.8, 4) is 11.8 Å². The molecule has 0 saturated carbocycles. The number of aromatic nitrogens is 2. The van der Waals surface area contributed by atoms with Crippen molar-refractivity contribution < 1.29 is 9.47 Å². The molecule has 360 valence electrons. The SMILES string of the molecule is COc1nc2ccc(Br)cc2cc1/C(=C(/CCN(C)C)c1cccc2ccccc12)c1ccccc1.COc1nc2ccc(Br)cc2cc1C(/C(=C/CN(C)C)c1cccc2ccccc12)c1ccccc1. The molecule has 1 unspecified atom stereocenters. The lowest BCUT2D eigenvalue weighted by atomic mass is 9.80. The van der Waals surface area contributed by atoms with Crippen molar-refractivity contribution in [2.75, 3.05) is 55.5 Å². The third-order valence-electron chi connectivity index (χ3n) is 13.0. The van der Waals surface area contributed by atoms with Gasteiger partial charge in [0.2, 0.25) is 11.8 Å². The summed E-state index contributed by atoms with van der Waals surface area (Å²) >= 11 is 7.26. The fraction of sp³-hybridized carbons (Fsp3) is 0.156. The molecule has 0 bridgehead atoms. The number of nitrogens with zero attached hydrogens (tertiary/aromatic N) is 4. The first-order valence-electron chi connectivity index (χ1n) is 24.2. The lowest BCUT2D eigenvalue weighted by molar-refractivity contribution is 0.394. The van der Waals surface area contributed by atoms with Gasteiger partial charge in [-0.05, 0) is 144 Å². The van der Waals surface area contributed by atoms with Crippen molar-refractivity contribution in [1.29, 1.82) is 0 Å². The molecule has 0 radical (unpaired) electrons. The van der Waals surface area contributed by atoms with Crippen LogP contribution < -0.4 is 9.47 Å². The van der Waals surface area contributed by atoms with Gasteiger partial charge >= 0.3 is 0 Å². The molecule has 8 aromatic carbocycles. The molecule has 0 saturated heterocycles. The van der Waals surface area contributed by atoms with Crippen LogP contribution in [0.2, 0.25) is 0 Å². The van der Waals surface area contributed by atoms with E-state index >= 15 is 0 Å². The van der Waals surface area contributed by atoms with E-state index in [4.69, 9.17) is 19.4 Å². The molecular weight excluding hydrogens is 1020 g/mol. The van der Waals surface area contributed by atoms with Gasteiger partial charge in [-0.3, -0.25) is 0 Å². The monoisotopic (exact) mass is 1070 g/mol. The maximum Gasteiger partial charge on any atom is 0.221 e. The second-order valence-corrected chi connectivity index (χ2v) is 20.2. The summed E-state index contributed by atoms with van der Waals surface area (Å²) in [5, 5.41) is 7.09. The van der Waals surface area contributed by atoms with E-state index in [1.54, 1.807) is 14.2 Å². The number of fused-ring (bicyclic) bond motifs is 4. The Labute approximate surface area is 440 Å². The number of pyridine rings is 2. The Morgan fingerprint density at radius 1 is 0.514 bits per heavy atom. The Morgan fingerprint density at radius 3 is 1.64 bits per heavy atom. The predicted octanol–water partition coefficient (Wildman–Crippen LogP) is 16.0. The van der Waals surface area contributed by atoms with Crippen molar-refractivity contribution in [3.63, 3.8) is 0 Å². The topological polar surface area (TPSA) is 50.7 Å². The van der Waals surface area contributed by atoms with Crippen LogP contribution in [0.4, 0.5) is 0 Å². The maximum absolute atomic E-state index is 5.92. The largest absolute Gasteiger partial charge is 0.481 e. The minimum atomic E-state index is -0.0669. The second-order valence-electron chi connectivity index (χ2n) is 18.4. The molecule has 0 aliphatic carbocycles. The van der Waals surface area contributed by atoms with Gasteiger partial charge in [0, 0.05) is 49.9 Å². The molecule has 2 aromatic heterocycles. The molecule has 6 nitrogen and oxygen atoms in total. The van der Waals surface area contributed by atoms with Crippen molar-refractivity contribution in [1.82, 2.24) is 19.8 Å². The molecule has 8 heteroatoms. The van der Waals surface area contributed by atoms with Crippen LogP contribution in [0.15, 0.2) is 209 Å². The normalized spacial score (nSPS) is 12.6. The number of rotatable bonds is 14. The summed E-state index contributed by atoms with van der Waals surface area (Å²) in [4.78, 5) is 14.3. The molecule has 0 N–H and O–H groups in total.